The highest BCUT2D eigenvalue weighted by molar-refractivity contribution is 5.59. The summed E-state index contributed by atoms with van der Waals surface area (Å²) in [6, 6.07) is 3.86. The van der Waals surface area contributed by atoms with E-state index in [1.165, 1.54) is 25.7 Å². The number of likely N-dealkylation sites (tertiary alicyclic amines) is 1. The van der Waals surface area contributed by atoms with Crippen molar-refractivity contribution in [2.75, 3.05) is 31.5 Å². The second kappa shape index (κ2) is 8.73. The summed E-state index contributed by atoms with van der Waals surface area (Å²) in [6.07, 6.45) is 8.20. The molecule has 27 heavy (non-hydrogen) atoms. The fraction of sp³-hybridized carbons (Fsp3) is 0.550. The molecule has 0 unspecified atom stereocenters. The SMILES string of the molecule is O[C@@H](CNc1nc(-c2cccnc2)nc2c1CNC2)CN1CCCCCC1. The Morgan fingerprint density at radius 1 is 1.15 bits per heavy atom. The fourth-order valence-electron chi connectivity index (χ4n) is 3.83. The predicted molar refractivity (Wildman–Crippen MR) is 105 cm³/mol. The average Bonchev–Trinajstić information content (AvgIpc) is 3.03. The Morgan fingerprint density at radius 2 is 2.00 bits per heavy atom. The van der Waals surface area contributed by atoms with E-state index in [1.807, 2.05) is 12.1 Å². The predicted octanol–water partition coefficient (Wildman–Crippen LogP) is 1.79. The van der Waals surface area contributed by atoms with Crippen LogP contribution in [0.4, 0.5) is 5.82 Å². The van der Waals surface area contributed by atoms with E-state index in [-0.39, 0.29) is 0 Å². The number of aliphatic hydroxyl groups is 1. The summed E-state index contributed by atoms with van der Waals surface area (Å²) in [5.41, 5.74) is 3.03. The Hall–Kier alpha value is -2.09. The van der Waals surface area contributed by atoms with Gasteiger partial charge in [0.1, 0.15) is 5.82 Å². The summed E-state index contributed by atoms with van der Waals surface area (Å²) in [5, 5.41) is 17.2. The van der Waals surface area contributed by atoms with Crippen LogP contribution in [-0.2, 0) is 13.1 Å². The fourth-order valence-corrected chi connectivity index (χ4v) is 3.83. The van der Waals surface area contributed by atoms with E-state index >= 15 is 0 Å². The molecule has 0 aliphatic carbocycles. The Balaban J connectivity index is 1.44. The first-order valence-corrected chi connectivity index (χ1v) is 9.95. The quantitative estimate of drug-likeness (QED) is 0.717. The first-order valence-electron chi connectivity index (χ1n) is 9.95. The maximum absolute atomic E-state index is 10.5. The number of hydrogen-bond donors (Lipinski definition) is 3. The third-order valence-corrected chi connectivity index (χ3v) is 5.28. The van der Waals surface area contributed by atoms with Crippen LogP contribution in [0.15, 0.2) is 24.5 Å². The van der Waals surface area contributed by atoms with Gasteiger partial charge in [-0.3, -0.25) is 4.98 Å². The highest BCUT2D eigenvalue weighted by Gasteiger charge is 2.21. The molecule has 0 bridgehead atoms. The van der Waals surface area contributed by atoms with E-state index in [0.29, 0.717) is 18.9 Å². The van der Waals surface area contributed by atoms with Crippen molar-refractivity contribution in [3.63, 3.8) is 0 Å². The van der Waals surface area contributed by atoms with Crippen LogP contribution >= 0.6 is 0 Å². The molecule has 2 aromatic rings. The van der Waals surface area contributed by atoms with E-state index < -0.39 is 6.10 Å². The molecular formula is C20H28N6O. The van der Waals surface area contributed by atoms with Gasteiger partial charge in [-0.15, -0.1) is 0 Å². The summed E-state index contributed by atoms with van der Waals surface area (Å²) >= 11 is 0. The second-order valence-electron chi connectivity index (χ2n) is 7.42. The molecule has 3 N–H and O–H groups in total. The number of nitrogens with zero attached hydrogens (tertiary/aromatic N) is 4. The molecule has 0 radical (unpaired) electrons. The number of pyridine rings is 1. The smallest absolute Gasteiger partial charge is 0.163 e. The van der Waals surface area contributed by atoms with Gasteiger partial charge in [0.25, 0.3) is 0 Å². The lowest BCUT2D eigenvalue weighted by atomic mass is 10.2. The summed E-state index contributed by atoms with van der Waals surface area (Å²) in [6.45, 7) is 4.90. The lowest BCUT2D eigenvalue weighted by Gasteiger charge is -2.23. The minimum absolute atomic E-state index is 0.412. The normalized spacial score (nSPS) is 18.7. The number of anilines is 1. The Kier molecular flexibility index (Phi) is 5.91. The highest BCUT2D eigenvalue weighted by Crippen LogP contribution is 2.25. The van der Waals surface area contributed by atoms with Crippen LogP contribution in [0.5, 0.6) is 0 Å². The minimum atomic E-state index is -0.412. The molecule has 144 valence electrons. The number of β-amino-alcohol motifs (C(OH)–C–C–N with tert-alkyl or cyclic N) is 1. The number of aromatic nitrogens is 3. The van der Waals surface area contributed by atoms with Crippen molar-refractivity contribution in [2.24, 2.45) is 0 Å². The molecule has 0 saturated carbocycles. The van der Waals surface area contributed by atoms with Gasteiger partial charge < -0.3 is 20.6 Å². The average molecular weight is 368 g/mol. The second-order valence-corrected chi connectivity index (χ2v) is 7.42. The molecule has 2 aliphatic heterocycles. The van der Waals surface area contributed by atoms with Crippen molar-refractivity contribution in [3.8, 4) is 11.4 Å². The van der Waals surface area contributed by atoms with Crippen molar-refractivity contribution in [1.82, 2.24) is 25.2 Å². The topological polar surface area (TPSA) is 86.2 Å². The van der Waals surface area contributed by atoms with Gasteiger partial charge in [0.2, 0.25) is 0 Å². The highest BCUT2D eigenvalue weighted by atomic mass is 16.3. The summed E-state index contributed by atoms with van der Waals surface area (Å²) in [5.74, 6) is 1.49. The first-order chi connectivity index (χ1) is 13.3. The summed E-state index contributed by atoms with van der Waals surface area (Å²) in [4.78, 5) is 16.0. The van der Waals surface area contributed by atoms with Crippen LogP contribution in [0.25, 0.3) is 11.4 Å². The van der Waals surface area contributed by atoms with Crippen molar-refractivity contribution in [2.45, 2.75) is 44.9 Å². The molecule has 1 fully saturated rings. The van der Waals surface area contributed by atoms with E-state index in [1.54, 1.807) is 12.4 Å². The standard InChI is InChI=1S/C20H28N6O/c27-16(14-26-8-3-1-2-4-9-26)11-23-20-17-12-22-13-18(17)24-19(25-20)15-6-5-7-21-10-15/h5-7,10,16,22,27H,1-4,8-9,11-14H2,(H,23,24,25)/t16-/m0/s1. The van der Waals surface area contributed by atoms with Gasteiger partial charge in [0.05, 0.1) is 11.8 Å². The van der Waals surface area contributed by atoms with Crippen LogP contribution in [0.2, 0.25) is 0 Å². The van der Waals surface area contributed by atoms with Crippen molar-refractivity contribution < 1.29 is 5.11 Å². The first kappa shape index (κ1) is 18.3. The minimum Gasteiger partial charge on any atom is -0.390 e. The molecule has 1 atom stereocenters. The largest absolute Gasteiger partial charge is 0.390 e. The molecule has 0 amide bonds. The van der Waals surface area contributed by atoms with E-state index in [2.05, 4.69) is 20.5 Å². The molecule has 4 rings (SSSR count). The van der Waals surface area contributed by atoms with E-state index in [4.69, 9.17) is 9.97 Å². The molecule has 2 aromatic heterocycles. The molecule has 4 heterocycles. The van der Waals surface area contributed by atoms with Crippen molar-refractivity contribution in [3.05, 3.63) is 35.8 Å². The summed E-state index contributed by atoms with van der Waals surface area (Å²) < 4.78 is 0. The number of aliphatic hydroxyl groups excluding tert-OH is 1. The van der Waals surface area contributed by atoms with Crippen molar-refractivity contribution in [1.29, 1.82) is 0 Å². The van der Waals surface area contributed by atoms with E-state index in [0.717, 1.165) is 48.8 Å². The van der Waals surface area contributed by atoms with Crippen LogP contribution in [0.3, 0.4) is 0 Å². The molecule has 7 heteroatoms. The van der Waals surface area contributed by atoms with Gasteiger partial charge in [0.15, 0.2) is 5.82 Å². The summed E-state index contributed by atoms with van der Waals surface area (Å²) in [7, 11) is 0. The Bertz CT molecular complexity index is 746. The zero-order valence-corrected chi connectivity index (χ0v) is 15.7. The maximum atomic E-state index is 10.5. The van der Waals surface area contributed by atoms with Gasteiger partial charge in [-0.25, -0.2) is 9.97 Å². The van der Waals surface area contributed by atoms with Crippen LogP contribution in [0, 0.1) is 0 Å². The van der Waals surface area contributed by atoms with Crippen molar-refractivity contribution >= 4 is 5.82 Å². The van der Waals surface area contributed by atoms with Crippen LogP contribution in [0.1, 0.15) is 36.9 Å². The van der Waals surface area contributed by atoms with Crippen LogP contribution in [-0.4, -0.2) is 57.2 Å². The molecule has 2 aliphatic rings. The zero-order chi connectivity index (χ0) is 18.5. The van der Waals surface area contributed by atoms with E-state index in [9.17, 15) is 5.11 Å². The van der Waals surface area contributed by atoms with Gasteiger partial charge in [-0.1, -0.05) is 12.8 Å². The van der Waals surface area contributed by atoms with Gasteiger partial charge >= 0.3 is 0 Å². The monoisotopic (exact) mass is 368 g/mol. The number of fused-ring (bicyclic) bond motifs is 1. The van der Waals surface area contributed by atoms with Crippen LogP contribution < -0.4 is 10.6 Å². The zero-order valence-electron chi connectivity index (χ0n) is 15.7. The molecule has 1 saturated heterocycles. The Labute approximate surface area is 160 Å². The van der Waals surface area contributed by atoms with Gasteiger partial charge in [0, 0.05) is 49.7 Å². The van der Waals surface area contributed by atoms with Gasteiger partial charge in [-0.05, 0) is 38.1 Å². The number of nitrogens with one attached hydrogen (secondary N) is 2. The molecule has 0 aromatic carbocycles. The molecule has 7 nitrogen and oxygen atoms in total. The lowest BCUT2D eigenvalue weighted by Crippen LogP contribution is -2.36. The maximum Gasteiger partial charge on any atom is 0.163 e. The molecule has 0 spiro atoms. The lowest BCUT2D eigenvalue weighted by molar-refractivity contribution is 0.124. The number of hydrogen-bond acceptors (Lipinski definition) is 7. The molecular weight excluding hydrogens is 340 g/mol. The number of rotatable bonds is 6. The third kappa shape index (κ3) is 4.61. The van der Waals surface area contributed by atoms with Gasteiger partial charge in [-0.2, -0.15) is 0 Å². The third-order valence-electron chi connectivity index (χ3n) is 5.28. The Morgan fingerprint density at radius 3 is 2.78 bits per heavy atom.